The first kappa shape index (κ1) is 27.4. The summed E-state index contributed by atoms with van der Waals surface area (Å²) in [6, 6.07) is 17.8. The minimum Gasteiger partial charge on any atom is -0.493 e. The predicted molar refractivity (Wildman–Crippen MR) is 149 cm³/mol. The van der Waals surface area contributed by atoms with Gasteiger partial charge in [-0.1, -0.05) is 42.1 Å². The van der Waals surface area contributed by atoms with Gasteiger partial charge in [-0.05, 0) is 42.8 Å². The monoisotopic (exact) mass is 546 g/mol. The number of hydrogen-bond acceptors (Lipinski definition) is 9. The zero-order valence-electron chi connectivity index (χ0n) is 21.8. The van der Waals surface area contributed by atoms with Crippen molar-refractivity contribution in [3.8, 4) is 22.9 Å². The molecular weight excluding hydrogens is 520 g/mol. The Morgan fingerprint density at radius 3 is 2.38 bits per heavy atom. The van der Waals surface area contributed by atoms with Crippen LogP contribution in [0.4, 0.5) is 0 Å². The number of hydrogen-bond donors (Lipinski definition) is 1. The third-order valence-corrected chi connectivity index (χ3v) is 6.50. The molecule has 0 fully saturated rings. The zero-order valence-corrected chi connectivity index (χ0v) is 22.6. The molecule has 0 aliphatic carbocycles. The molecule has 0 atom stereocenters. The van der Waals surface area contributed by atoms with E-state index in [1.54, 1.807) is 30.3 Å². The smallest absolute Gasteiger partial charge is 0.308 e. The van der Waals surface area contributed by atoms with Crippen LogP contribution >= 0.6 is 11.8 Å². The molecule has 4 aromatic rings. The predicted octanol–water partition coefficient (Wildman–Crippen LogP) is 3.88. The largest absolute Gasteiger partial charge is 0.493 e. The number of esters is 1. The molecule has 1 heterocycles. The second-order valence-electron chi connectivity index (χ2n) is 8.27. The lowest BCUT2D eigenvalue weighted by Gasteiger charge is -2.14. The summed E-state index contributed by atoms with van der Waals surface area (Å²) < 4.78 is 17.3. The van der Waals surface area contributed by atoms with Crippen LogP contribution in [0.5, 0.6) is 17.2 Å². The van der Waals surface area contributed by atoms with Gasteiger partial charge in [0.15, 0.2) is 16.7 Å². The lowest BCUT2D eigenvalue weighted by molar-refractivity contribution is -0.132. The van der Waals surface area contributed by atoms with Crippen LogP contribution in [0.1, 0.15) is 18.1 Å². The number of para-hydroxylation sites is 2. The van der Waals surface area contributed by atoms with Gasteiger partial charge in [-0.25, -0.2) is 10.4 Å². The van der Waals surface area contributed by atoms with E-state index < -0.39 is 11.9 Å². The molecule has 0 aliphatic rings. The van der Waals surface area contributed by atoms with Gasteiger partial charge in [0.1, 0.15) is 0 Å². The summed E-state index contributed by atoms with van der Waals surface area (Å²) in [5.41, 5.74) is 4.95. The summed E-state index contributed by atoms with van der Waals surface area (Å²) in [4.78, 5) is 42.1. The summed E-state index contributed by atoms with van der Waals surface area (Å²) >= 11 is 1.13. The number of fused-ring (bicyclic) bond motifs is 1. The number of hydrazone groups is 1. The number of nitrogens with zero attached hydrogens (tertiary/aromatic N) is 3. The van der Waals surface area contributed by atoms with Gasteiger partial charge in [-0.15, -0.1) is 0 Å². The Morgan fingerprint density at radius 2 is 1.72 bits per heavy atom. The van der Waals surface area contributed by atoms with Gasteiger partial charge in [0.05, 0.1) is 42.8 Å². The Hall–Kier alpha value is -4.64. The van der Waals surface area contributed by atoms with Crippen LogP contribution in [-0.2, 0) is 9.59 Å². The minimum atomic E-state index is -0.522. The molecular formula is C28H26N4O6S. The van der Waals surface area contributed by atoms with Crippen molar-refractivity contribution in [1.29, 1.82) is 0 Å². The lowest BCUT2D eigenvalue weighted by Crippen LogP contribution is -2.24. The Kier molecular flexibility index (Phi) is 8.62. The summed E-state index contributed by atoms with van der Waals surface area (Å²) in [7, 11) is 2.86. The molecule has 0 bridgehead atoms. The SMILES string of the molecule is COc1cc(C=NNC(=O)CSc2nc3ccccc3c(=O)n2-c2ccccc2C)cc(OC)c1OC(C)=O. The van der Waals surface area contributed by atoms with E-state index in [1.165, 1.54) is 31.9 Å². The van der Waals surface area contributed by atoms with Gasteiger partial charge in [-0.2, -0.15) is 5.10 Å². The lowest BCUT2D eigenvalue weighted by atomic mass is 10.2. The van der Waals surface area contributed by atoms with Crippen molar-refractivity contribution in [2.75, 3.05) is 20.0 Å². The second kappa shape index (κ2) is 12.3. The maximum atomic E-state index is 13.4. The van der Waals surface area contributed by atoms with Crippen LogP contribution in [0.2, 0.25) is 0 Å². The van der Waals surface area contributed by atoms with E-state index in [4.69, 9.17) is 14.2 Å². The first-order valence-corrected chi connectivity index (χ1v) is 12.8. The topological polar surface area (TPSA) is 121 Å². The van der Waals surface area contributed by atoms with Crippen molar-refractivity contribution >= 4 is 40.8 Å². The molecule has 200 valence electrons. The highest BCUT2D eigenvalue weighted by atomic mass is 32.2. The number of amides is 1. The van der Waals surface area contributed by atoms with Gasteiger partial charge in [0.25, 0.3) is 11.5 Å². The number of nitrogens with one attached hydrogen (secondary N) is 1. The molecule has 11 heteroatoms. The number of thioether (sulfide) groups is 1. The van der Waals surface area contributed by atoms with Crippen molar-refractivity contribution in [2.24, 2.45) is 5.10 Å². The van der Waals surface area contributed by atoms with E-state index >= 15 is 0 Å². The Balaban J connectivity index is 1.53. The molecule has 0 aliphatic heterocycles. The van der Waals surface area contributed by atoms with Crippen molar-refractivity contribution in [3.05, 3.63) is 82.1 Å². The molecule has 0 radical (unpaired) electrons. The standard InChI is InChI=1S/C28H26N4O6S/c1-17-9-5-8-12-22(17)32-27(35)20-10-6-7-11-21(20)30-28(32)39-16-25(34)31-29-15-19-13-23(36-3)26(38-18(2)33)24(14-19)37-4/h5-15H,16H2,1-4H3,(H,31,34). The van der Waals surface area contributed by atoms with Crippen LogP contribution in [0.3, 0.4) is 0 Å². The number of rotatable bonds is 9. The number of aromatic nitrogens is 2. The van der Waals surface area contributed by atoms with Gasteiger partial charge in [0.2, 0.25) is 5.75 Å². The number of carbonyl (C=O) groups is 2. The Morgan fingerprint density at radius 1 is 1.05 bits per heavy atom. The van der Waals surface area contributed by atoms with Gasteiger partial charge in [-0.3, -0.25) is 19.0 Å². The first-order chi connectivity index (χ1) is 18.8. The van der Waals surface area contributed by atoms with E-state index in [9.17, 15) is 14.4 Å². The molecule has 1 aromatic heterocycles. The van der Waals surface area contributed by atoms with Crippen LogP contribution in [-0.4, -0.2) is 47.6 Å². The van der Waals surface area contributed by atoms with Crippen LogP contribution < -0.4 is 25.2 Å². The molecule has 4 rings (SSSR count). The molecule has 1 N–H and O–H groups in total. The van der Waals surface area contributed by atoms with E-state index in [2.05, 4.69) is 15.5 Å². The molecule has 3 aromatic carbocycles. The van der Waals surface area contributed by atoms with Gasteiger partial charge in [0, 0.05) is 12.5 Å². The fraction of sp³-hybridized carbons (Fsp3) is 0.179. The maximum absolute atomic E-state index is 13.4. The fourth-order valence-corrected chi connectivity index (χ4v) is 4.59. The molecule has 0 unspecified atom stereocenters. The highest BCUT2D eigenvalue weighted by Crippen LogP contribution is 2.38. The van der Waals surface area contributed by atoms with Crippen molar-refractivity contribution in [3.63, 3.8) is 0 Å². The van der Waals surface area contributed by atoms with Crippen molar-refractivity contribution in [1.82, 2.24) is 15.0 Å². The van der Waals surface area contributed by atoms with E-state index in [1.807, 2.05) is 37.3 Å². The van der Waals surface area contributed by atoms with E-state index in [0.29, 0.717) is 27.3 Å². The molecule has 0 saturated carbocycles. The highest BCUT2D eigenvalue weighted by molar-refractivity contribution is 7.99. The summed E-state index contributed by atoms with van der Waals surface area (Å²) in [6.45, 7) is 3.19. The zero-order chi connectivity index (χ0) is 27.9. The number of ether oxygens (including phenoxy) is 3. The summed E-state index contributed by atoms with van der Waals surface area (Å²) in [5.74, 6) is -0.273. The van der Waals surface area contributed by atoms with Crippen LogP contribution in [0, 0.1) is 6.92 Å². The maximum Gasteiger partial charge on any atom is 0.308 e. The van der Waals surface area contributed by atoms with E-state index in [-0.39, 0.29) is 28.6 Å². The Bertz CT molecular complexity index is 1610. The third kappa shape index (κ3) is 6.27. The molecule has 10 nitrogen and oxygen atoms in total. The third-order valence-electron chi connectivity index (χ3n) is 5.57. The number of carbonyl (C=O) groups excluding carboxylic acids is 2. The summed E-state index contributed by atoms with van der Waals surface area (Å²) in [6.07, 6.45) is 1.41. The van der Waals surface area contributed by atoms with Crippen LogP contribution in [0.25, 0.3) is 16.6 Å². The van der Waals surface area contributed by atoms with E-state index in [0.717, 1.165) is 17.3 Å². The quantitative estimate of drug-likeness (QED) is 0.0839. The normalized spacial score (nSPS) is 11.0. The second-order valence-corrected chi connectivity index (χ2v) is 9.21. The molecule has 1 amide bonds. The van der Waals surface area contributed by atoms with Crippen molar-refractivity contribution in [2.45, 2.75) is 19.0 Å². The first-order valence-electron chi connectivity index (χ1n) is 11.8. The minimum absolute atomic E-state index is 0.0357. The highest BCUT2D eigenvalue weighted by Gasteiger charge is 2.17. The number of aryl methyl sites for hydroxylation is 1. The van der Waals surface area contributed by atoms with Gasteiger partial charge < -0.3 is 14.2 Å². The number of benzene rings is 3. The summed E-state index contributed by atoms with van der Waals surface area (Å²) in [5, 5.41) is 4.89. The number of methoxy groups -OCH3 is 2. The molecule has 0 spiro atoms. The average molecular weight is 547 g/mol. The van der Waals surface area contributed by atoms with Gasteiger partial charge >= 0.3 is 5.97 Å². The fourth-order valence-electron chi connectivity index (χ4n) is 3.80. The average Bonchev–Trinajstić information content (AvgIpc) is 2.93. The van der Waals surface area contributed by atoms with Crippen LogP contribution in [0.15, 0.2) is 75.7 Å². The molecule has 39 heavy (non-hydrogen) atoms. The van der Waals surface area contributed by atoms with Crippen molar-refractivity contribution < 1.29 is 23.8 Å². The Labute approximate surface area is 228 Å². The molecule has 0 saturated heterocycles.